The Kier molecular flexibility index (Phi) is 5.66. The van der Waals surface area contributed by atoms with Gasteiger partial charge in [-0.3, -0.25) is 4.79 Å². The molecule has 2 atom stereocenters. The lowest BCUT2D eigenvalue weighted by Crippen LogP contribution is -2.21. The molecule has 1 aromatic carbocycles. The quantitative estimate of drug-likeness (QED) is 0.895. The number of aliphatic hydroxyl groups excluding tert-OH is 2. The van der Waals surface area contributed by atoms with E-state index in [1.54, 1.807) is 0 Å². The van der Waals surface area contributed by atoms with E-state index in [0.717, 1.165) is 21.8 Å². The third-order valence-corrected chi connectivity index (χ3v) is 3.93. The van der Waals surface area contributed by atoms with Crippen LogP contribution in [0.2, 0.25) is 0 Å². The summed E-state index contributed by atoms with van der Waals surface area (Å²) in [5.41, 5.74) is 1.65. The Bertz CT molecular complexity index is 409. The van der Waals surface area contributed by atoms with Crippen LogP contribution in [0.3, 0.4) is 0 Å². The number of thioether (sulfide) groups is 1. The molecule has 0 aliphatic heterocycles. The zero-order valence-electron chi connectivity index (χ0n) is 9.68. The molecule has 0 aliphatic rings. The lowest BCUT2D eigenvalue weighted by atomic mass is 10.0. The third-order valence-electron chi connectivity index (χ3n) is 2.29. The van der Waals surface area contributed by atoms with Crippen LogP contribution in [0.25, 0.3) is 0 Å². The van der Waals surface area contributed by atoms with Gasteiger partial charge in [0.1, 0.15) is 6.10 Å². The van der Waals surface area contributed by atoms with Crippen LogP contribution in [0.1, 0.15) is 24.2 Å². The van der Waals surface area contributed by atoms with E-state index in [2.05, 4.69) is 15.9 Å². The second-order valence-corrected chi connectivity index (χ2v) is 5.89. The molecular weight excluding hydrogens is 304 g/mol. The summed E-state index contributed by atoms with van der Waals surface area (Å²) in [5.74, 6) is 0.191. The first-order valence-corrected chi connectivity index (χ1v) is 6.95. The molecular formula is C12H15BrO3S. The highest BCUT2D eigenvalue weighted by atomic mass is 79.9. The standard InChI is InChI=1S/C12H15BrO3S/c1-7-3-4-10(13)9(5-7)12(16)11(15)6-17-8(2)14/h3-5,11-12,15-16H,6H2,1-2H3. The zero-order valence-corrected chi connectivity index (χ0v) is 12.1. The van der Waals surface area contributed by atoms with E-state index in [0.29, 0.717) is 5.56 Å². The highest BCUT2D eigenvalue weighted by Crippen LogP contribution is 2.28. The maximum Gasteiger partial charge on any atom is 0.185 e. The molecule has 2 unspecified atom stereocenters. The van der Waals surface area contributed by atoms with Crippen molar-refractivity contribution >= 4 is 32.8 Å². The van der Waals surface area contributed by atoms with Crippen LogP contribution in [0.15, 0.2) is 22.7 Å². The fourth-order valence-electron chi connectivity index (χ4n) is 1.39. The number of hydrogen-bond donors (Lipinski definition) is 2. The molecule has 0 spiro atoms. The average molecular weight is 319 g/mol. The molecule has 0 radical (unpaired) electrons. The first-order valence-electron chi connectivity index (χ1n) is 5.17. The van der Waals surface area contributed by atoms with Gasteiger partial charge in [0.15, 0.2) is 5.12 Å². The molecule has 0 saturated heterocycles. The Morgan fingerprint density at radius 1 is 1.47 bits per heavy atom. The second-order valence-electron chi connectivity index (χ2n) is 3.84. The van der Waals surface area contributed by atoms with Crippen LogP contribution in [0, 0.1) is 6.92 Å². The molecule has 0 aromatic heterocycles. The number of aryl methyl sites for hydroxylation is 1. The SMILES string of the molecule is CC(=O)SCC(O)C(O)c1cc(C)ccc1Br. The summed E-state index contributed by atoms with van der Waals surface area (Å²) >= 11 is 4.34. The third kappa shape index (κ3) is 4.43. The number of aliphatic hydroxyl groups is 2. The van der Waals surface area contributed by atoms with Gasteiger partial charge in [0.25, 0.3) is 0 Å². The van der Waals surface area contributed by atoms with Gasteiger partial charge in [0.2, 0.25) is 0 Å². The summed E-state index contributed by atoms with van der Waals surface area (Å²) in [6.07, 6.45) is -1.95. The highest BCUT2D eigenvalue weighted by molar-refractivity contribution is 9.10. The molecule has 2 N–H and O–H groups in total. The van der Waals surface area contributed by atoms with Crippen molar-refractivity contribution in [3.05, 3.63) is 33.8 Å². The van der Waals surface area contributed by atoms with Gasteiger partial charge in [-0.15, -0.1) is 0 Å². The Hall–Kier alpha value is -0.360. The minimum atomic E-state index is -0.990. The molecule has 0 fully saturated rings. The van der Waals surface area contributed by atoms with Crippen LogP contribution in [0.4, 0.5) is 0 Å². The first-order chi connectivity index (χ1) is 7.91. The summed E-state index contributed by atoms with van der Waals surface area (Å²) in [6, 6.07) is 5.56. The monoisotopic (exact) mass is 318 g/mol. The number of halogens is 1. The van der Waals surface area contributed by atoms with Gasteiger partial charge in [-0.25, -0.2) is 0 Å². The maximum absolute atomic E-state index is 10.8. The van der Waals surface area contributed by atoms with Crippen molar-refractivity contribution in [1.82, 2.24) is 0 Å². The molecule has 0 saturated carbocycles. The van der Waals surface area contributed by atoms with Crippen LogP contribution in [0.5, 0.6) is 0 Å². The number of carbonyl (C=O) groups is 1. The molecule has 0 amide bonds. The number of benzene rings is 1. The van der Waals surface area contributed by atoms with E-state index in [-0.39, 0.29) is 10.9 Å². The maximum atomic E-state index is 10.8. The molecule has 3 nitrogen and oxygen atoms in total. The van der Waals surface area contributed by atoms with E-state index < -0.39 is 12.2 Å². The summed E-state index contributed by atoms with van der Waals surface area (Å²) in [4.78, 5) is 10.8. The molecule has 5 heteroatoms. The van der Waals surface area contributed by atoms with Crippen molar-refractivity contribution in [2.45, 2.75) is 26.1 Å². The lowest BCUT2D eigenvalue weighted by Gasteiger charge is -2.19. The van der Waals surface area contributed by atoms with Crippen molar-refractivity contribution in [2.24, 2.45) is 0 Å². The topological polar surface area (TPSA) is 57.5 Å². The Morgan fingerprint density at radius 3 is 2.71 bits per heavy atom. The van der Waals surface area contributed by atoms with Crippen molar-refractivity contribution in [3.63, 3.8) is 0 Å². The van der Waals surface area contributed by atoms with Gasteiger partial charge in [-0.05, 0) is 18.6 Å². The summed E-state index contributed by atoms with van der Waals surface area (Å²) in [7, 11) is 0. The molecule has 0 aliphatic carbocycles. The molecule has 0 heterocycles. The summed E-state index contributed by atoms with van der Waals surface area (Å²) in [5, 5.41) is 19.7. The number of carbonyl (C=O) groups excluding carboxylic acids is 1. The largest absolute Gasteiger partial charge is 0.389 e. The van der Waals surface area contributed by atoms with Gasteiger partial charge in [0, 0.05) is 17.1 Å². The first kappa shape index (κ1) is 14.7. The van der Waals surface area contributed by atoms with Gasteiger partial charge < -0.3 is 10.2 Å². The fraction of sp³-hybridized carbons (Fsp3) is 0.417. The molecule has 1 rings (SSSR count). The van der Waals surface area contributed by atoms with Crippen LogP contribution < -0.4 is 0 Å². The minimum absolute atomic E-state index is 0.0699. The minimum Gasteiger partial charge on any atom is -0.389 e. The van der Waals surface area contributed by atoms with Gasteiger partial charge in [-0.2, -0.15) is 0 Å². The van der Waals surface area contributed by atoms with Gasteiger partial charge in [0.05, 0.1) is 6.10 Å². The van der Waals surface area contributed by atoms with Crippen LogP contribution in [-0.4, -0.2) is 27.2 Å². The second kappa shape index (κ2) is 6.54. The smallest absolute Gasteiger partial charge is 0.185 e. The number of rotatable bonds is 4. The zero-order chi connectivity index (χ0) is 13.0. The van der Waals surface area contributed by atoms with Gasteiger partial charge in [-0.1, -0.05) is 45.4 Å². The number of hydrogen-bond acceptors (Lipinski definition) is 4. The van der Waals surface area contributed by atoms with Crippen LogP contribution >= 0.6 is 27.7 Å². The summed E-state index contributed by atoms with van der Waals surface area (Å²) in [6.45, 7) is 3.35. The van der Waals surface area contributed by atoms with E-state index in [1.165, 1.54) is 6.92 Å². The van der Waals surface area contributed by atoms with Crippen molar-refractivity contribution in [3.8, 4) is 0 Å². The van der Waals surface area contributed by atoms with Gasteiger partial charge >= 0.3 is 0 Å². The lowest BCUT2D eigenvalue weighted by molar-refractivity contribution is -0.109. The molecule has 1 aromatic rings. The Labute approximate surface area is 113 Å². The average Bonchev–Trinajstić information content (AvgIpc) is 2.28. The van der Waals surface area contributed by atoms with E-state index in [9.17, 15) is 15.0 Å². The van der Waals surface area contributed by atoms with E-state index >= 15 is 0 Å². The van der Waals surface area contributed by atoms with Crippen molar-refractivity contribution < 1.29 is 15.0 Å². The summed E-state index contributed by atoms with van der Waals surface area (Å²) < 4.78 is 0.752. The van der Waals surface area contributed by atoms with Crippen molar-refractivity contribution in [2.75, 3.05) is 5.75 Å². The highest BCUT2D eigenvalue weighted by Gasteiger charge is 2.21. The molecule has 94 valence electrons. The van der Waals surface area contributed by atoms with E-state index in [4.69, 9.17) is 0 Å². The Morgan fingerprint density at radius 2 is 2.12 bits per heavy atom. The molecule has 0 bridgehead atoms. The van der Waals surface area contributed by atoms with E-state index in [1.807, 2.05) is 25.1 Å². The fourth-order valence-corrected chi connectivity index (χ4v) is 2.46. The Balaban J connectivity index is 2.77. The predicted octanol–water partition coefficient (Wildman–Crippen LogP) is 2.43. The molecule has 17 heavy (non-hydrogen) atoms. The van der Waals surface area contributed by atoms with Crippen molar-refractivity contribution in [1.29, 1.82) is 0 Å². The normalized spacial score (nSPS) is 14.4. The predicted molar refractivity (Wildman–Crippen MR) is 73.0 cm³/mol. The van der Waals surface area contributed by atoms with Crippen LogP contribution in [-0.2, 0) is 4.79 Å².